The van der Waals surface area contributed by atoms with Crippen LogP contribution >= 0.6 is 11.8 Å². The van der Waals surface area contributed by atoms with E-state index in [1.807, 2.05) is 73.9 Å². The van der Waals surface area contributed by atoms with Gasteiger partial charge < -0.3 is 25.0 Å². The van der Waals surface area contributed by atoms with Gasteiger partial charge in [0, 0.05) is 22.2 Å². The number of carbonyl (C=O) groups excluding carboxylic acids is 3. The highest BCUT2D eigenvalue weighted by atomic mass is 32.2. The number of ether oxygens (including phenoxy) is 2. The quantitative estimate of drug-likeness (QED) is 0.308. The van der Waals surface area contributed by atoms with E-state index in [1.54, 1.807) is 16.7 Å². The van der Waals surface area contributed by atoms with Gasteiger partial charge in [-0.25, -0.2) is 0 Å². The number of hydrogen-bond acceptors (Lipinski definition) is 6. The summed E-state index contributed by atoms with van der Waals surface area (Å²) < 4.78 is 12.4. The van der Waals surface area contributed by atoms with Crippen LogP contribution in [0, 0.1) is 23.7 Å². The molecule has 0 aromatic heterocycles. The van der Waals surface area contributed by atoms with Crippen LogP contribution in [0.25, 0.3) is 0 Å². The highest BCUT2D eigenvalue weighted by Crippen LogP contribution is 2.55. The SMILES string of the molecule is CCOc1ccccc1CN1C(=O)[C@@H]2[C@H](C(=O)Nc3cccc(SC)c3)[C@@H]3C=C[C@@]2(O3)[C@@H]1C(=O)N[C@@H]1CCC[C@H](C)[C@@H]1C. The van der Waals surface area contributed by atoms with Crippen molar-refractivity contribution in [2.75, 3.05) is 18.2 Å². The summed E-state index contributed by atoms with van der Waals surface area (Å²) in [6, 6.07) is 14.3. The first-order valence-corrected chi connectivity index (χ1v) is 16.6. The minimum Gasteiger partial charge on any atom is -0.494 e. The number of hydrogen-bond donors (Lipinski definition) is 2. The lowest BCUT2D eigenvalue weighted by Gasteiger charge is -2.38. The first-order chi connectivity index (χ1) is 20.8. The van der Waals surface area contributed by atoms with Crippen LogP contribution in [0.2, 0.25) is 0 Å². The molecule has 1 spiro atoms. The van der Waals surface area contributed by atoms with Crippen molar-refractivity contribution in [3.05, 3.63) is 66.2 Å². The molecule has 6 rings (SSSR count). The maximum Gasteiger partial charge on any atom is 0.246 e. The van der Waals surface area contributed by atoms with Crippen LogP contribution in [0.4, 0.5) is 5.69 Å². The Balaban J connectivity index is 1.34. The van der Waals surface area contributed by atoms with Gasteiger partial charge in [0.05, 0.1) is 31.1 Å². The number of rotatable bonds is 9. The Morgan fingerprint density at radius 3 is 2.72 bits per heavy atom. The topological polar surface area (TPSA) is 97.0 Å². The molecule has 0 unspecified atom stereocenters. The predicted octanol–water partition coefficient (Wildman–Crippen LogP) is 5.04. The maximum atomic E-state index is 14.4. The lowest BCUT2D eigenvalue weighted by Crippen LogP contribution is -2.57. The normalized spacial score (nSPS) is 32.5. The van der Waals surface area contributed by atoms with Gasteiger partial charge in [0.2, 0.25) is 17.7 Å². The number of amides is 3. The fourth-order valence-electron chi connectivity index (χ4n) is 7.53. The number of carbonyl (C=O) groups is 3. The number of fused-ring (bicyclic) bond motifs is 1. The van der Waals surface area contributed by atoms with Crippen molar-refractivity contribution in [3.8, 4) is 5.75 Å². The van der Waals surface area contributed by atoms with Gasteiger partial charge in [0.1, 0.15) is 17.4 Å². The van der Waals surface area contributed by atoms with Gasteiger partial charge in [-0.1, -0.05) is 63.1 Å². The molecule has 8 atom stereocenters. The van der Waals surface area contributed by atoms with Gasteiger partial charge in [-0.2, -0.15) is 0 Å². The van der Waals surface area contributed by atoms with Crippen molar-refractivity contribution < 1.29 is 23.9 Å². The second-order valence-corrected chi connectivity index (χ2v) is 13.2. The minimum absolute atomic E-state index is 0.0183. The molecule has 3 aliphatic heterocycles. The molecule has 3 fully saturated rings. The fourth-order valence-corrected chi connectivity index (χ4v) is 7.99. The van der Waals surface area contributed by atoms with Crippen LogP contribution in [0.15, 0.2) is 65.6 Å². The number of para-hydroxylation sites is 1. The number of anilines is 1. The summed E-state index contributed by atoms with van der Waals surface area (Å²) in [6.07, 6.45) is 8.22. The highest BCUT2D eigenvalue weighted by Gasteiger charge is 2.72. The van der Waals surface area contributed by atoms with Crippen molar-refractivity contribution >= 4 is 35.2 Å². The van der Waals surface area contributed by atoms with E-state index in [9.17, 15) is 14.4 Å². The van der Waals surface area contributed by atoms with E-state index in [2.05, 4.69) is 24.5 Å². The molecule has 228 valence electrons. The predicted molar refractivity (Wildman–Crippen MR) is 167 cm³/mol. The Kier molecular flexibility index (Phi) is 8.31. The number of likely N-dealkylation sites (tertiary alicyclic amines) is 1. The number of nitrogens with zero attached hydrogens (tertiary/aromatic N) is 1. The summed E-state index contributed by atoms with van der Waals surface area (Å²) >= 11 is 1.59. The zero-order valence-electron chi connectivity index (χ0n) is 25.2. The van der Waals surface area contributed by atoms with E-state index < -0.39 is 29.6 Å². The van der Waals surface area contributed by atoms with Gasteiger partial charge in [-0.05, 0) is 55.7 Å². The van der Waals surface area contributed by atoms with Crippen LogP contribution < -0.4 is 15.4 Å². The van der Waals surface area contributed by atoms with Gasteiger partial charge in [0.15, 0.2) is 0 Å². The average molecular weight is 604 g/mol. The molecule has 3 heterocycles. The summed E-state index contributed by atoms with van der Waals surface area (Å²) in [5.41, 5.74) is 0.249. The molecule has 3 amide bonds. The van der Waals surface area contributed by atoms with Crippen LogP contribution in [-0.2, 0) is 25.7 Å². The second-order valence-electron chi connectivity index (χ2n) is 12.3. The first-order valence-electron chi connectivity index (χ1n) is 15.4. The molecule has 1 aliphatic carbocycles. The molecular formula is C34H41N3O5S. The molecule has 1 saturated carbocycles. The molecule has 2 bridgehead atoms. The Morgan fingerprint density at radius 1 is 1.12 bits per heavy atom. The van der Waals surface area contributed by atoms with E-state index in [4.69, 9.17) is 9.47 Å². The highest BCUT2D eigenvalue weighted by molar-refractivity contribution is 7.98. The molecule has 0 radical (unpaired) electrons. The van der Waals surface area contributed by atoms with Crippen LogP contribution in [0.5, 0.6) is 5.75 Å². The van der Waals surface area contributed by atoms with Gasteiger partial charge >= 0.3 is 0 Å². The van der Waals surface area contributed by atoms with E-state index in [1.165, 1.54) is 0 Å². The summed E-state index contributed by atoms with van der Waals surface area (Å²) in [5.74, 6) is -0.836. The zero-order valence-corrected chi connectivity index (χ0v) is 26.1. The lowest BCUT2D eigenvalue weighted by molar-refractivity contribution is -0.142. The molecule has 9 heteroatoms. The maximum absolute atomic E-state index is 14.4. The van der Waals surface area contributed by atoms with E-state index >= 15 is 0 Å². The summed E-state index contributed by atoms with van der Waals surface area (Å²) in [7, 11) is 0. The number of thioether (sulfide) groups is 1. The molecule has 4 aliphatic rings. The third-order valence-electron chi connectivity index (χ3n) is 9.91. The monoisotopic (exact) mass is 603 g/mol. The Labute approximate surface area is 257 Å². The minimum atomic E-state index is -1.22. The molecule has 2 saturated heterocycles. The Morgan fingerprint density at radius 2 is 1.93 bits per heavy atom. The third kappa shape index (κ3) is 5.24. The van der Waals surface area contributed by atoms with Crippen molar-refractivity contribution in [2.24, 2.45) is 23.7 Å². The molecule has 8 nitrogen and oxygen atoms in total. The third-order valence-corrected chi connectivity index (χ3v) is 10.6. The Hall–Kier alpha value is -3.30. The molecule has 43 heavy (non-hydrogen) atoms. The number of benzene rings is 2. The smallest absolute Gasteiger partial charge is 0.246 e. The zero-order chi connectivity index (χ0) is 30.3. The van der Waals surface area contributed by atoms with Crippen molar-refractivity contribution in [3.63, 3.8) is 0 Å². The molecule has 2 N–H and O–H groups in total. The average Bonchev–Trinajstić information content (AvgIpc) is 3.64. The van der Waals surface area contributed by atoms with Gasteiger partial charge in [-0.15, -0.1) is 11.8 Å². The van der Waals surface area contributed by atoms with Gasteiger partial charge in [-0.3, -0.25) is 14.4 Å². The van der Waals surface area contributed by atoms with Crippen LogP contribution in [0.3, 0.4) is 0 Å². The van der Waals surface area contributed by atoms with E-state index in [-0.39, 0.29) is 30.3 Å². The van der Waals surface area contributed by atoms with Crippen LogP contribution in [0.1, 0.15) is 45.6 Å². The second kappa shape index (κ2) is 12.0. The summed E-state index contributed by atoms with van der Waals surface area (Å²) in [6.45, 7) is 6.99. The van der Waals surface area contributed by atoms with Crippen molar-refractivity contribution in [2.45, 2.75) is 75.3 Å². The van der Waals surface area contributed by atoms with E-state index in [0.29, 0.717) is 29.9 Å². The van der Waals surface area contributed by atoms with Crippen LogP contribution in [-0.4, -0.2) is 59.3 Å². The largest absolute Gasteiger partial charge is 0.494 e. The van der Waals surface area contributed by atoms with Crippen molar-refractivity contribution in [1.29, 1.82) is 0 Å². The summed E-state index contributed by atoms with van der Waals surface area (Å²) in [4.78, 5) is 45.3. The standard InChI is InChI=1S/C34H41N3O5S/c1-5-41-26-15-7-6-11-22(26)19-37-30(32(39)36-25-14-8-10-20(2)21(25)3)34-17-16-27(42-34)28(29(34)33(37)40)31(38)35-23-12-9-13-24(18-23)43-4/h6-7,9,11-13,15-18,20-21,25,27-30H,5,8,10,14,19H2,1-4H3,(H,35,38)(H,36,39)/t20-,21-,25+,27-,28+,29-,30-,34-/m0/s1. The molecule has 2 aromatic carbocycles. The lowest BCUT2D eigenvalue weighted by atomic mass is 9.73. The Bertz CT molecular complexity index is 1430. The van der Waals surface area contributed by atoms with E-state index in [0.717, 1.165) is 29.7 Å². The number of nitrogens with one attached hydrogen (secondary N) is 2. The van der Waals surface area contributed by atoms with Crippen molar-refractivity contribution in [1.82, 2.24) is 10.2 Å². The molecule has 2 aromatic rings. The fraction of sp³-hybridized carbons (Fsp3) is 0.500. The van der Waals surface area contributed by atoms with Gasteiger partial charge in [0.25, 0.3) is 0 Å². The summed E-state index contributed by atoms with van der Waals surface area (Å²) in [5, 5.41) is 6.35. The molecular weight excluding hydrogens is 562 g/mol. The first kappa shape index (κ1) is 29.8.